The second-order valence-corrected chi connectivity index (χ2v) is 4.58. The fourth-order valence-corrected chi connectivity index (χ4v) is 2.06. The van der Waals surface area contributed by atoms with Crippen LogP contribution in [0.5, 0.6) is 0 Å². The lowest BCUT2D eigenvalue weighted by Crippen LogP contribution is -2.20. The Morgan fingerprint density at radius 3 is 2.17 bits per heavy atom. The molecule has 1 heteroatoms. The highest BCUT2D eigenvalue weighted by molar-refractivity contribution is 4.70. The van der Waals surface area contributed by atoms with Crippen molar-refractivity contribution in [3.63, 3.8) is 0 Å². The lowest BCUT2D eigenvalue weighted by molar-refractivity contribution is 0.335. The van der Waals surface area contributed by atoms with Crippen molar-refractivity contribution in [3.8, 4) is 0 Å². The largest absolute Gasteiger partial charge is 0.328 e. The van der Waals surface area contributed by atoms with Crippen molar-refractivity contribution in [2.75, 3.05) is 0 Å². The quantitative estimate of drug-likeness (QED) is 0.593. The van der Waals surface area contributed by atoms with E-state index in [1.807, 2.05) is 0 Å². The monoisotopic (exact) mass is 169 g/mol. The van der Waals surface area contributed by atoms with Gasteiger partial charge in [0.15, 0.2) is 0 Å². The first-order chi connectivity index (χ1) is 5.70. The highest BCUT2D eigenvalue weighted by Crippen LogP contribution is 2.25. The van der Waals surface area contributed by atoms with Crippen LogP contribution < -0.4 is 5.73 Å². The van der Waals surface area contributed by atoms with Crippen molar-refractivity contribution < 1.29 is 0 Å². The van der Waals surface area contributed by atoms with Crippen LogP contribution in [-0.2, 0) is 0 Å². The van der Waals surface area contributed by atoms with Crippen LogP contribution in [0.1, 0.15) is 52.4 Å². The Morgan fingerprint density at radius 2 is 1.42 bits per heavy atom. The number of rotatable bonds is 0. The Morgan fingerprint density at radius 1 is 0.833 bits per heavy atom. The molecule has 2 N–H and O–H groups in total. The van der Waals surface area contributed by atoms with Gasteiger partial charge in [0.25, 0.3) is 0 Å². The summed E-state index contributed by atoms with van der Waals surface area (Å²) in [6.07, 6.45) is 7.97. The summed E-state index contributed by atoms with van der Waals surface area (Å²) >= 11 is 0. The first kappa shape index (κ1) is 10.0. The maximum absolute atomic E-state index is 5.98. The zero-order chi connectivity index (χ0) is 8.97. The highest BCUT2D eigenvalue weighted by Gasteiger charge is 2.15. The van der Waals surface area contributed by atoms with Crippen molar-refractivity contribution >= 4 is 0 Å². The van der Waals surface area contributed by atoms with Gasteiger partial charge in [-0.15, -0.1) is 0 Å². The standard InChI is InChI=1S/C11H23N/c1-9-5-3-4-6-11(12)8-7-10(9)2/h9-11H,3-8,12H2,1-2H3. The molecule has 1 fully saturated rings. The molecule has 1 nitrogen and oxygen atoms in total. The molecular weight excluding hydrogens is 146 g/mol. The molecule has 0 amide bonds. The van der Waals surface area contributed by atoms with E-state index in [0.717, 1.165) is 11.8 Å². The zero-order valence-electron chi connectivity index (χ0n) is 8.55. The lowest BCUT2D eigenvalue weighted by atomic mass is 9.88. The van der Waals surface area contributed by atoms with Crippen molar-refractivity contribution in [3.05, 3.63) is 0 Å². The van der Waals surface area contributed by atoms with E-state index in [1.165, 1.54) is 38.5 Å². The lowest BCUT2D eigenvalue weighted by Gasteiger charge is -2.18. The van der Waals surface area contributed by atoms with E-state index in [4.69, 9.17) is 5.73 Å². The molecule has 1 saturated carbocycles. The van der Waals surface area contributed by atoms with Crippen molar-refractivity contribution in [1.82, 2.24) is 0 Å². The van der Waals surface area contributed by atoms with Gasteiger partial charge in [-0.25, -0.2) is 0 Å². The fraction of sp³-hybridized carbons (Fsp3) is 1.00. The Labute approximate surface area is 76.7 Å². The van der Waals surface area contributed by atoms with E-state index < -0.39 is 0 Å². The Kier molecular flexibility index (Phi) is 4.07. The third-order valence-corrected chi connectivity index (χ3v) is 3.45. The predicted molar refractivity (Wildman–Crippen MR) is 54.0 cm³/mol. The molecule has 0 heterocycles. The normalized spacial score (nSPS) is 39.8. The van der Waals surface area contributed by atoms with Crippen molar-refractivity contribution in [2.45, 2.75) is 58.4 Å². The van der Waals surface area contributed by atoms with Crippen LogP contribution in [0.25, 0.3) is 0 Å². The van der Waals surface area contributed by atoms with Crippen molar-refractivity contribution in [1.29, 1.82) is 0 Å². The smallest absolute Gasteiger partial charge is 0.00389 e. The fourth-order valence-electron chi connectivity index (χ4n) is 2.06. The minimum atomic E-state index is 0.484. The van der Waals surface area contributed by atoms with Gasteiger partial charge in [-0.3, -0.25) is 0 Å². The SMILES string of the molecule is CC1CCCCC(N)CCC1C. The molecule has 0 radical (unpaired) electrons. The summed E-state index contributed by atoms with van der Waals surface area (Å²) in [5, 5.41) is 0. The van der Waals surface area contributed by atoms with E-state index in [2.05, 4.69) is 13.8 Å². The third-order valence-electron chi connectivity index (χ3n) is 3.45. The first-order valence-corrected chi connectivity index (χ1v) is 5.45. The maximum Gasteiger partial charge on any atom is 0.00389 e. The van der Waals surface area contributed by atoms with Gasteiger partial charge in [-0.1, -0.05) is 33.1 Å². The second-order valence-electron chi connectivity index (χ2n) is 4.58. The topological polar surface area (TPSA) is 26.0 Å². The van der Waals surface area contributed by atoms with Gasteiger partial charge < -0.3 is 5.73 Å². The van der Waals surface area contributed by atoms with Crippen LogP contribution >= 0.6 is 0 Å². The number of hydrogen-bond donors (Lipinski definition) is 1. The Hall–Kier alpha value is -0.0400. The molecule has 72 valence electrons. The van der Waals surface area contributed by atoms with Crippen LogP contribution in [0.4, 0.5) is 0 Å². The summed E-state index contributed by atoms with van der Waals surface area (Å²) in [5.74, 6) is 1.80. The summed E-state index contributed by atoms with van der Waals surface area (Å²) in [5.41, 5.74) is 5.98. The Balaban J connectivity index is 2.37. The molecule has 12 heavy (non-hydrogen) atoms. The predicted octanol–water partition coefficient (Wildman–Crippen LogP) is 2.94. The zero-order valence-corrected chi connectivity index (χ0v) is 8.55. The second kappa shape index (κ2) is 4.86. The summed E-state index contributed by atoms with van der Waals surface area (Å²) < 4.78 is 0. The van der Waals surface area contributed by atoms with E-state index >= 15 is 0 Å². The van der Waals surface area contributed by atoms with E-state index in [9.17, 15) is 0 Å². The third kappa shape index (κ3) is 3.14. The summed E-state index contributed by atoms with van der Waals surface area (Å²) in [6.45, 7) is 4.77. The molecule has 0 spiro atoms. The van der Waals surface area contributed by atoms with E-state index in [-0.39, 0.29) is 0 Å². The highest BCUT2D eigenvalue weighted by atomic mass is 14.6. The molecule has 0 aliphatic heterocycles. The van der Waals surface area contributed by atoms with E-state index in [1.54, 1.807) is 0 Å². The molecule has 0 aromatic carbocycles. The average Bonchev–Trinajstić information content (AvgIpc) is 2.11. The van der Waals surface area contributed by atoms with Gasteiger partial charge in [-0.2, -0.15) is 0 Å². The number of nitrogens with two attached hydrogens (primary N) is 1. The molecule has 0 bridgehead atoms. The van der Waals surface area contributed by atoms with Gasteiger partial charge in [-0.05, 0) is 31.1 Å². The molecule has 0 aromatic heterocycles. The molecule has 3 atom stereocenters. The summed E-state index contributed by atoms with van der Waals surface area (Å²) in [4.78, 5) is 0. The maximum atomic E-state index is 5.98. The summed E-state index contributed by atoms with van der Waals surface area (Å²) in [7, 11) is 0. The van der Waals surface area contributed by atoms with Gasteiger partial charge in [0.1, 0.15) is 0 Å². The van der Waals surface area contributed by atoms with Crippen LogP contribution in [0.15, 0.2) is 0 Å². The van der Waals surface area contributed by atoms with Gasteiger partial charge in [0.05, 0.1) is 0 Å². The molecular formula is C11H23N. The molecule has 1 aliphatic rings. The minimum Gasteiger partial charge on any atom is -0.328 e. The van der Waals surface area contributed by atoms with Crippen molar-refractivity contribution in [2.24, 2.45) is 17.6 Å². The minimum absolute atomic E-state index is 0.484. The number of hydrogen-bond acceptors (Lipinski definition) is 1. The van der Waals surface area contributed by atoms with Gasteiger partial charge in [0.2, 0.25) is 0 Å². The van der Waals surface area contributed by atoms with Crippen LogP contribution in [0.3, 0.4) is 0 Å². The average molecular weight is 169 g/mol. The van der Waals surface area contributed by atoms with Gasteiger partial charge in [0, 0.05) is 6.04 Å². The van der Waals surface area contributed by atoms with Crippen LogP contribution in [-0.4, -0.2) is 6.04 Å². The van der Waals surface area contributed by atoms with Gasteiger partial charge >= 0.3 is 0 Å². The molecule has 3 unspecified atom stereocenters. The van der Waals surface area contributed by atoms with Crippen LogP contribution in [0.2, 0.25) is 0 Å². The van der Waals surface area contributed by atoms with Crippen LogP contribution in [0, 0.1) is 11.8 Å². The molecule has 1 aliphatic carbocycles. The Bertz CT molecular complexity index is 122. The summed E-state index contributed by atoms with van der Waals surface area (Å²) in [6, 6.07) is 0.484. The first-order valence-electron chi connectivity index (χ1n) is 5.45. The molecule has 0 aromatic rings. The molecule has 1 rings (SSSR count). The molecule has 0 saturated heterocycles. The van der Waals surface area contributed by atoms with E-state index in [0.29, 0.717) is 6.04 Å².